The lowest BCUT2D eigenvalue weighted by Gasteiger charge is -2.43. The van der Waals surface area contributed by atoms with E-state index in [0.29, 0.717) is 22.8 Å². The molecule has 0 aromatic heterocycles. The van der Waals surface area contributed by atoms with Crippen molar-refractivity contribution in [2.75, 3.05) is 24.7 Å². The fourth-order valence-electron chi connectivity index (χ4n) is 4.48. The number of nitrogens with two attached hydrogens (primary N) is 2. The first-order chi connectivity index (χ1) is 24.1. The van der Waals surface area contributed by atoms with Crippen molar-refractivity contribution in [3.63, 3.8) is 0 Å². The van der Waals surface area contributed by atoms with E-state index < -0.39 is 91.3 Å². The quantitative estimate of drug-likeness (QED) is 0.0807. The van der Waals surface area contributed by atoms with Crippen molar-refractivity contribution >= 4 is 11.4 Å². The minimum atomic E-state index is -8.54. The van der Waals surface area contributed by atoms with Gasteiger partial charge in [0.1, 0.15) is 11.5 Å². The third-order valence-electron chi connectivity index (χ3n) is 7.69. The van der Waals surface area contributed by atoms with Gasteiger partial charge in [-0.1, -0.05) is 24.3 Å². The van der Waals surface area contributed by atoms with E-state index in [1.54, 1.807) is 12.1 Å². The summed E-state index contributed by atoms with van der Waals surface area (Å²) in [5.41, 5.74) is 11.3. The fraction of sp³-hybridized carbons (Fsp3) is 0.406. The van der Waals surface area contributed by atoms with Gasteiger partial charge in [0.25, 0.3) is 0 Å². The van der Waals surface area contributed by atoms with Crippen LogP contribution in [0.15, 0.2) is 66.7 Å². The summed E-state index contributed by atoms with van der Waals surface area (Å²) in [5, 5.41) is 8.85. The minimum Gasteiger partial charge on any atom is -0.494 e. The van der Waals surface area contributed by atoms with Crippen LogP contribution in [0.1, 0.15) is 24.8 Å². The monoisotopic (exact) mass is 787 g/mol. The summed E-state index contributed by atoms with van der Waals surface area (Å²) in [7, 11) is 0. The van der Waals surface area contributed by atoms with Crippen molar-refractivity contribution in [2.24, 2.45) is 0 Å². The third-order valence-corrected chi connectivity index (χ3v) is 7.69. The molecule has 0 unspecified atom stereocenters. The smallest absolute Gasteiger partial charge is 0.385 e. The summed E-state index contributed by atoms with van der Waals surface area (Å²) in [6, 6.07) is 16.1. The summed E-state index contributed by atoms with van der Waals surface area (Å²) in [6.45, 7) is -3.64. The number of unbranched alkanes of at least 4 members (excludes halogenated alkanes) is 1. The predicted molar refractivity (Wildman–Crippen MR) is 156 cm³/mol. The molecule has 0 amide bonds. The van der Waals surface area contributed by atoms with Crippen LogP contribution >= 0.6 is 0 Å². The van der Waals surface area contributed by atoms with Crippen molar-refractivity contribution in [2.45, 2.75) is 66.6 Å². The third kappa shape index (κ3) is 7.67. The van der Waals surface area contributed by atoms with E-state index in [0.717, 1.165) is 12.1 Å². The largest absolute Gasteiger partial charge is 0.494 e. The Hall–Kier alpha value is -4.77. The van der Waals surface area contributed by atoms with Crippen LogP contribution in [0.2, 0.25) is 0 Å². The van der Waals surface area contributed by atoms with Crippen molar-refractivity contribution in [3.05, 3.63) is 72.3 Å². The molecule has 0 fully saturated rings. The van der Waals surface area contributed by atoms with E-state index >= 15 is 0 Å². The van der Waals surface area contributed by atoms with Crippen molar-refractivity contribution in [1.29, 1.82) is 5.26 Å². The zero-order chi connectivity index (χ0) is 40.5. The molecule has 0 heterocycles. The van der Waals surface area contributed by atoms with Crippen molar-refractivity contribution in [3.8, 4) is 28.7 Å². The number of nitrogens with zero attached hydrogens (tertiary/aromatic N) is 1. The number of alkyl halides is 16. The maximum Gasteiger partial charge on any atom is 0.385 e. The van der Waals surface area contributed by atoms with Crippen LogP contribution < -0.4 is 20.9 Å². The molecule has 292 valence electrons. The lowest BCUT2D eigenvalue weighted by Crippen LogP contribution is -2.75. The first-order valence-electron chi connectivity index (χ1n) is 14.6. The van der Waals surface area contributed by atoms with Crippen molar-refractivity contribution in [1.82, 2.24) is 0 Å². The van der Waals surface area contributed by atoms with Gasteiger partial charge in [-0.3, -0.25) is 0 Å². The number of ether oxygens (including phenoxy) is 2. The molecule has 0 saturated carbocycles. The van der Waals surface area contributed by atoms with Crippen LogP contribution in [-0.2, 0) is 0 Å². The van der Waals surface area contributed by atoms with Gasteiger partial charge in [0.2, 0.25) is 0 Å². The number of rotatable bonds is 17. The van der Waals surface area contributed by atoms with Gasteiger partial charge >= 0.3 is 47.4 Å². The van der Waals surface area contributed by atoms with Crippen LogP contribution in [0.5, 0.6) is 11.5 Å². The van der Waals surface area contributed by atoms with Crippen LogP contribution in [0, 0.1) is 11.3 Å². The summed E-state index contributed by atoms with van der Waals surface area (Å²) in [6.07, 6.45) is -4.43. The molecule has 4 N–H and O–H groups in total. The highest BCUT2D eigenvalue weighted by Crippen LogP contribution is 2.64. The van der Waals surface area contributed by atoms with E-state index in [9.17, 15) is 70.2 Å². The Bertz CT molecular complexity index is 1760. The maximum absolute atomic E-state index is 14.3. The zero-order valence-electron chi connectivity index (χ0n) is 26.4. The van der Waals surface area contributed by atoms with Gasteiger partial charge in [0.05, 0.1) is 23.9 Å². The number of hydrogen-bond donors (Lipinski definition) is 2. The second-order valence-electron chi connectivity index (χ2n) is 11.5. The molecule has 3 rings (SSSR count). The topological polar surface area (TPSA) is 94.3 Å². The molecule has 0 saturated heterocycles. The minimum absolute atomic E-state index is 0.0668. The predicted octanol–water partition coefficient (Wildman–Crippen LogP) is 10.1. The molecule has 53 heavy (non-hydrogen) atoms. The molecule has 0 aliphatic heterocycles. The van der Waals surface area contributed by atoms with Gasteiger partial charge < -0.3 is 20.9 Å². The summed E-state index contributed by atoms with van der Waals surface area (Å²) < 4.78 is 238. The Morgan fingerprint density at radius 1 is 0.528 bits per heavy atom. The highest BCUT2D eigenvalue weighted by Gasteiger charge is 2.94. The van der Waals surface area contributed by atoms with E-state index in [2.05, 4.69) is 4.74 Å². The maximum atomic E-state index is 14.3. The fourth-order valence-corrected chi connectivity index (χ4v) is 4.48. The summed E-state index contributed by atoms with van der Waals surface area (Å²) in [4.78, 5) is 0. The number of nitrogen functional groups attached to an aromatic ring is 2. The average molecular weight is 788 g/mol. The molecule has 0 aliphatic carbocycles. The number of halogens is 16. The van der Waals surface area contributed by atoms with Gasteiger partial charge in [0, 0.05) is 12.1 Å². The normalized spacial score (nSPS) is 13.8. The first-order valence-corrected chi connectivity index (χ1v) is 14.6. The van der Waals surface area contributed by atoms with E-state index in [1.807, 2.05) is 6.07 Å². The van der Waals surface area contributed by atoms with Gasteiger partial charge in [-0.2, -0.15) is 75.5 Å². The highest BCUT2D eigenvalue weighted by molar-refractivity contribution is 5.65. The Balaban J connectivity index is 1.70. The van der Waals surface area contributed by atoms with Crippen LogP contribution in [0.3, 0.4) is 0 Å². The zero-order valence-corrected chi connectivity index (χ0v) is 26.4. The number of hydrogen-bond acceptors (Lipinski definition) is 5. The SMILES string of the molecule is N#Cc1ccc(-c2ccc(OCCCCC(F)(F)C(F)(F)C(F)(F)C(F)(F)C(F)(F)C(F)(F)C(F)(F)C(F)(F)COc3ccc(N)cc3N)cc2)cc1. The lowest BCUT2D eigenvalue weighted by molar-refractivity contribution is -0.454. The Morgan fingerprint density at radius 3 is 1.45 bits per heavy atom. The molecule has 0 bridgehead atoms. The average Bonchev–Trinajstić information content (AvgIpc) is 3.07. The van der Waals surface area contributed by atoms with Crippen LogP contribution in [-0.4, -0.2) is 60.6 Å². The molecule has 0 spiro atoms. The Kier molecular flexibility index (Phi) is 11.7. The highest BCUT2D eigenvalue weighted by atomic mass is 19.4. The van der Waals surface area contributed by atoms with Gasteiger partial charge in [-0.15, -0.1) is 0 Å². The second kappa shape index (κ2) is 14.6. The second-order valence-corrected chi connectivity index (χ2v) is 11.5. The molecular formula is C32H25F16N3O2. The van der Waals surface area contributed by atoms with Crippen LogP contribution in [0.25, 0.3) is 11.1 Å². The van der Waals surface area contributed by atoms with Gasteiger partial charge in [0.15, 0.2) is 6.61 Å². The number of anilines is 2. The van der Waals surface area contributed by atoms with E-state index in [1.165, 1.54) is 36.4 Å². The van der Waals surface area contributed by atoms with Gasteiger partial charge in [-0.05, 0) is 66.4 Å². The van der Waals surface area contributed by atoms with Crippen molar-refractivity contribution < 1.29 is 79.7 Å². The first kappa shape index (κ1) is 42.6. The summed E-state index contributed by atoms with van der Waals surface area (Å²) >= 11 is 0. The lowest BCUT2D eigenvalue weighted by atomic mass is 9.87. The molecule has 0 atom stereocenters. The van der Waals surface area contributed by atoms with Gasteiger partial charge in [-0.25, -0.2) is 0 Å². The molecule has 0 radical (unpaired) electrons. The number of benzene rings is 3. The molecule has 21 heteroatoms. The molecule has 3 aromatic carbocycles. The standard InChI is InChI=1S/C32H25F16N3O2/c33-25(34,13-1-2-14-52-22-10-7-20(8-11-22)19-5-3-18(16-49)4-6-19)27(37,38)29(41,42)31(45,46)32(47,48)30(43,44)28(39,40)26(35,36)17-53-24-12-9-21(50)15-23(24)51/h3-12,15H,1-2,13-14,17,50-51H2. The molecular weight excluding hydrogens is 762 g/mol. The van der Waals surface area contributed by atoms with Crippen LogP contribution in [0.4, 0.5) is 81.6 Å². The molecule has 5 nitrogen and oxygen atoms in total. The summed E-state index contributed by atoms with van der Waals surface area (Å²) in [5.74, 6) is -63.1. The van der Waals surface area contributed by atoms with E-state index in [-0.39, 0.29) is 11.4 Å². The molecule has 3 aromatic rings. The van der Waals surface area contributed by atoms with E-state index in [4.69, 9.17) is 21.5 Å². The number of nitriles is 1. The Labute approximate surface area is 289 Å². The Morgan fingerprint density at radius 2 is 0.981 bits per heavy atom. The molecule has 0 aliphatic rings.